The maximum atomic E-state index is 11.1. The Morgan fingerprint density at radius 2 is 0.525 bits per heavy atom. The molecule has 0 bridgehead atoms. The van der Waals surface area contributed by atoms with E-state index in [4.69, 9.17) is 51.0 Å². The van der Waals surface area contributed by atoms with Crippen LogP contribution in [0.4, 0.5) is 11.4 Å². The van der Waals surface area contributed by atoms with Crippen LogP contribution in [0.3, 0.4) is 0 Å². The van der Waals surface area contributed by atoms with Gasteiger partial charge in [-0.05, 0) is 210 Å². The lowest BCUT2D eigenvalue weighted by Crippen LogP contribution is -2.27. The highest BCUT2D eigenvalue weighted by atomic mass is 16.5. The Balaban J connectivity index is 0.842. The van der Waals surface area contributed by atoms with Gasteiger partial charge in [0.25, 0.3) is 11.4 Å². The lowest BCUT2D eigenvalue weighted by Gasteiger charge is -2.31. The molecule has 484 valence electrons. The van der Waals surface area contributed by atoms with Crippen molar-refractivity contribution < 1.29 is 37.9 Å². The van der Waals surface area contributed by atoms with E-state index in [1.54, 1.807) is 72.8 Å². The van der Waals surface area contributed by atoms with Gasteiger partial charge in [-0.15, -0.1) is 0 Å². The van der Waals surface area contributed by atoms with Crippen molar-refractivity contribution in [1.82, 2.24) is 0 Å². The monoisotopic (exact) mass is 1310 g/mol. The molecule has 2 aliphatic rings. The quantitative estimate of drug-likeness (QED) is 0.0862. The van der Waals surface area contributed by atoms with Crippen LogP contribution >= 0.6 is 0 Å². The summed E-state index contributed by atoms with van der Waals surface area (Å²) in [5.41, 5.74) is 2.51. The first-order chi connectivity index (χ1) is 49.2. The van der Waals surface area contributed by atoms with E-state index < -0.39 is 16.2 Å². The largest absolute Gasteiger partial charge is 0.468 e. The van der Waals surface area contributed by atoms with Crippen molar-refractivity contribution in [3.8, 4) is 104 Å². The highest BCUT2D eigenvalue weighted by Crippen LogP contribution is 2.66. The molecule has 0 aliphatic heterocycles. The van der Waals surface area contributed by atoms with Crippen LogP contribution in [0.5, 0.6) is 92.0 Å². The highest BCUT2D eigenvalue weighted by Gasteiger charge is 2.57. The van der Waals surface area contributed by atoms with Gasteiger partial charge in [-0.1, -0.05) is 173 Å². The molecule has 1 spiro atoms. The lowest BCUT2D eigenvalue weighted by atomic mass is 9.72. The fraction of sp³-hybridized carbons (Fsp3) is 0.101. The Labute approximate surface area is 583 Å². The van der Waals surface area contributed by atoms with Crippen molar-refractivity contribution in [2.24, 2.45) is 0 Å². The van der Waals surface area contributed by atoms with E-state index in [1.165, 1.54) is 0 Å². The molecule has 0 radical (unpaired) electrons. The second-order valence-corrected chi connectivity index (χ2v) is 26.7. The van der Waals surface area contributed by atoms with E-state index in [0.29, 0.717) is 53.1 Å². The minimum absolute atomic E-state index is 0.130. The van der Waals surface area contributed by atoms with Crippen LogP contribution in [0.1, 0.15) is 73.9 Å². The summed E-state index contributed by atoms with van der Waals surface area (Å²) in [4.78, 5) is 8.08. The van der Waals surface area contributed by atoms with Crippen molar-refractivity contribution in [2.45, 2.75) is 56.8 Å². The fourth-order valence-corrected chi connectivity index (χ4v) is 14.7. The summed E-state index contributed by atoms with van der Waals surface area (Å²) in [5, 5.41) is 30.3. The molecular formula is C89H60N4O8. The van der Waals surface area contributed by atoms with E-state index in [9.17, 15) is 10.5 Å². The van der Waals surface area contributed by atoms with Crippen LogP contribution in [-0.2, 0) is 16.2 Å². The summed E-state index contributed by atoms with van der Waals surface area (Å²) in [6.07, 6.45) is 1.20. The van der Waals surface area contributed by atoms with Crippen molar-refractivity contribution in [3.63, 3.8) is 0 Å². The first-order valence-corrected chi connectivity index (χ1v) is 33.1. The summed E-state index contributed by atoms with van der Waals surface area (Å²) in [5.74, 6) is 5.29. The molecule has 1 atom stereocenters. The van der Waals surface area contributed by atoms with Gasteiger partial charge < -0.3 is 37.9 Å². The maximum Gasteiger partial charge on any atom is 0.270 e. The van der Waals surface area contributed by atoms with Crippen LogP contribution in [0, 0.1) is 35.8 Å². The van der Waals surface area contributed by atoms with Crippen molar-refractivity contribution in [1.29, 1.82) is 10.5 Å². The topological polar surface area (TPSA) is 130 Å². The standard InChI is InChI=1S/C89H60N4O8/c1-87(2)53-89(71-49-83(99-76-30-16-28-74(68(76)52-91)95-64-40-36-56-20-8-12-24-60(56)44-64)81(47-69(71)87)98-75-29-15-27-73(67(75)51-90)94-63-39-35-55-19-7-11-23-59(55)43-63)54-88(3,4)70-48-82(100-79-33-17-31-77(85(79)92-5)96-65-41-37-57-21-9-13-25-61(57)45-65)84(50-72(70)89)101-80-34-18-32-78(86(80)93-6)97-66-42-38-58-22-10-14-26-62(58)46-66/h7-50H,53-54H2,1-4H3. The van der Waals surface area contributed by atoms with Crippen LogP contribution in [0.2, 0.25) is 0 Å². The van der Waals surface area contributed by atoms with E-state index in [-0.39, 0.29) is 74.2 Å². The Hall–Kier alpha value is -13.5. The Morgan fingerprint density at radius 1 is 0.277 bits per heavy atom. The minimum atomic E-state index is -0.769. The molecule has 1 unspecified atom stereocenters. The van der Waals surface area contributed by atoms with Gasteiger partial charge in [0.15, 0.2) is 23.0 Å². The normalized spacial score (nSPS) is 14.4. The van der Waals surface area contributed by atoms with E-state index in [2.05, 4.69) is 49.5 Å². The van der Waals surface area contributed by atoms with Crippen molar-refractivity contribution in [3.05, 3.63) is 323 Å². The molecule has 16 rings (SSSR count). The molecule has 0 aromatic heterocycles. The van der Waals surface area contributed by atoms with Gasteiger partial charge in [0.2, 0.25) is 0 Å². The number of para-hydroxylation sites is 2. The van der Waals surface area contributed by atoms with E-state index >= 15 is 0 Å². The van der Waals surface area contributed by atoms with Crippen LogP contribution in [0.25, 0.3) is 52.8 Å². The molecule has 12 heteroatoms. The SMILES string of the molecule is [C-]#[N+]c1c(Oc2ccc3ccccc3c2)cccc1Oc1cc2c(cc1Oc1cccc(Oc3ccc4ccccc4c3)c1[N+]#[C-])C1(CC(C)(C)c3cc(Oc4cccc(Oc5ccc6ccccc6c5)c4C#N)c(Oc4cccc(Oc5ccc6ccccc6c5)c4C#N)cc31)CC2(C)C. The fourth-order valence-electron chi connectivity index (χ4n) is 14.7. The molecule has 14 aromatic carbocycles. The van der Waals surface area contributed by atoms with E-state index in [1.807, 2.05) is 194 Å². The number of benzene rings is 14. The van der Waals surface area contributed by atoms with Gasteiger partial charge in [-0.3, -0.25) is 0 Å². The third-order valence-electron chi connectivity index (χ3n) is 19.2. The van der Waals surface area contributed by atoms with Crippen molar-refractivity contribution in [2.75, 3.05) is 0 Å². The zero-order valence-electron chi connectivity index (χ0n) is 55.4. The Morgan fingerprint density at radius 3 is 0.822 bits per heavy atom. The van der Waals surface area contributed by atoms with Gasteiger partial charge in [0.05, 0.1) is 13.1 Å². The number of fused-ring (bicyclic) bond motifs is 8. The van der Waals surface area contributed by atoms with Crippen LogP contribution in [0.15, 0.2) is 267 Å². The molecule has 12 nitrogen and oxygen atoms in total. The zero-order valence-corrected chi connectivity index (χ0v) is 55.4. The first kappa shape index (κ1) is 62.3. The average Bonchev–Trinajstić information content (AvgIpc) is 1.52. The predicted molar refractivity (Wildman–Crippen MR) is 393 cm³/mol. The number of hydrogen-bond acceptors (Lipinski definition) is 10. The van der Waals surface area contributed by atoms with Gasteiger partial charge in [-0.2, -0.15) is 10.5 Å². The smallest absolute Gasteiger partial charge is 0.270 e. The molecule has 0 saturated carbocycles. The summed E-state index contributed by atoms with van der Waals surface area (Å²) in [6, 6.07) is 89.0. The molecular weight excluding hydrogens is 1250 g/mol. The van der Waals surface area contributed by atoms with Crippen molar-refractivity contribution >= 4 is 54.5 Å². The average molecular weight is 1310 g/mol. The molecule has 0 N–H and O–H groups in total. The second kappa shape index (κ2) is 25.2. The van der Waals surface area contributed by atoms with Crippen LogP contribution in [-0.4, -0.2) is 0 Å². The third-order valence-corrected chi connectivity index (χ3v) is 19.2. The molecule has 0 heterocycles. The number of rotatable bonds is 16. The number of nitrogens with zero attached hydrogens (tertiary/aromatic N) is 4. The summed E-state index contributed by atoms with van der Waals surface area (Å²) >= 11 is 0. The number of nitriles is 2. The minimum Gasteiger partial charge on any atom is -0.468 e. The highest BCUT2D eigenvalue weighted by molar-refractivity contribution is 5.87. The Kier molecular flexibility index (Phi) is 15.5. The predicted octanol–water partition coefficient (Wildman–Crippen LogP) is 25.1. The summed E-state index contributed by atoms with van der Waals surface area (Å²) < 4.78 is 54.5. The lowest BCUT2D eigenvalue weighted by molar-refractivity contribution is 0.349. The molecule has 101 heavy (non-hydrogen) atoms. The molecule has 2 aliphatic carbocycles. The van der Waals surface area contributed by atoms with Gasteiger partial charge >= 0.3 is 0 Å². The van der Waals surface area contributed by atoms with Crippen LogP contribution < -0.4 is 37.9 Å². The summed E-state index contributed by atoms with van der Waals surface area (Å²) in [7, 11) is 0. The molecule has 14 aromatic rings. The van der Waals surface area contributed by atoms with Gasteiger partial charge in [-0.25, -0.2) is 9.69 Å². The number of hydrogen-bond donors (Lipinski definition) is 0. The second-order valence-electron chi connectivity index (χ2n) is 26.7. The number of ether oxygens (including phenoxy) is 8. The molecule has 0 amide bonds. The maximum absolute atomic E-state index is 11.1. The summed E-state index contributed by atoms with van der Waals surface area (Å²) in [6.45, 7) is 26.2. The Bertz CT molecular complexity index is 5550. The van der Waals surface area contributed by atoms with Gasteiger partial charge in [0, 0.05) is 5.41 Å². The molecule has 0 fully saturated rings. The van der Waals surface area contributed by atoms with Gasteiger partial charge in [0.1, 0.15) is 92.3 Å². The van der Waals surface area contributed by atoms with E-state index in [0.717, 1.165) is 65.3 Å². The first-order valence-electron chi connectivity index (χ1n) is 33.1. The molecule has 0 saturated heterocycles. The third kappa shape index (κ3) is 11.6. The zero-order chi connectivity index (χ0) is 69.0.